The van der Waals surface area contributed by atoms with Gasteiger partial charge in [-0.05, 0) is 19.1 Å². The Morgan fingerprint density at radius 2 is 1.95 bits per heavy atom. The molecule has 0 amide bonds. The molecule has 0 saturated carbocycles. The highest BCUT2D eigenvalue weighted by atomic mass is 16.5. The van der Waals surface area contributed by atoms with E-state index in [1.807, 2.05) is 32.2 Å². The molecule has 0 saturated heterocycles. The predicted molar refractivity (Wildman–Crippen MR) is 77.4 cm³/mol. The van der Waals surface area contributed by atoms with Crippen molar-refractivity contribution in [2.24, 2.45) is 0 Å². The molecule has 1 heterocycles. The maximum atomic E-state index is 5.61. The minimum atomic E-state index is 0.543. The Morgan fingerprint density at radius 3 is 2.74 bits per heavy atom. The summed E-state index contributed by atoms with van der Waals surface area (Å²) in [4.78, 5) is 4.59. The number of rotatable bonds is 7. The highest BCUT2D eigenvalue weighted by molar-refractivity contribution is 5.81. The maximum absolute atomic E-state index is 5.61. The minimum absolute atomic E-state index is 0.543. The molecule has 0 atom stereocenters. The van der Waals surface area contributed by atoms with E-state index >= 15 is 0 Å². The molecule has 0 aliphatic rings. The van der Waals surface area contributed by atoms with Crippen LogP contribution in [0.25, 0.3) is 10.9 Å². The van der Waals surface area contributed by atoms with Gasteiger partial charge in [-0.3, -0.25) is 0 Å². The quantitative estimate of drug-likeness (QED) is 0.777. The summed E-state index contributed by atoms with van der Waals surface area (Å²) in [5.74, 6) is 0.870. The first-order valence-corrected chi connectivity index (χ1v) is 6.57. The molecule has 19 heavy (non-hydrogen) atoms. The number of anilines is 1. The van der Waals surface area contributed by atoms with Crippen LogP contribution in [0.5, 0.6) is 0 Å². The SMILES string of the molecule is CCOCCOCc1cc2ccccc2nc1NC. The van der Waals surface area contributed by atoms with E-state index in [4.69, 9.17) is 9.47 Å². The summed E-state index contributed by atoms with van der Waals surface area (Å²) in [7, 11) is 1.88. The molecule has 1 N–H and O–H groups in total. The topological polar surface area (TPSA) is 43.4 Å². The lowest BCUT2D eigenvalue weighted by Crippen LogP contribution is -2.06. The molecule has 2 rings (SSSR count). The van der Waals surface area contributed by atoms with Crippen LogP contribution in [0, 0.1) is 0 Å². The molecule has 0 fully saturated rings. The van der Waals surface area contributed by atoms with E-state index in [2.05, 4.69) is 22.4 Å². The summed E-state index contributed by atoms with van der Waals surface area (Å²) in [5.41, 5.74) is 2.06. The van der Waals surface area contributed by atoms with Crippen LogP contribution in [0.1, 0.15) is 12.5 Å². The van der Waals surface area contributed by atoms with Crippen LogP contribution in [0.15, 0.2) is 30.3 Å². The lowest BCUT2D eigenvalue weighted by atomic mass is 10.1. The van der Waals surface area contributed by atoms with Crippen molar-refractivity contribution in [3.63, 3.8) is 0 Å². The van der Waals surface area contributed by atoms with Gasteiger partial charge in [0.2, 0.25) is 0 Å². The van der Waals surface area contributed by atoms with Gasteiger partial charge in [0, 0.05) is 24.6 Å². The largest absolute Gasteiger partial charge is 0.379 e. The average Bonchev–Trinajstić information content (AvgIpc) is 2.46. The van der Waals surface area contributed by atoms with Crippen LogP contribution in [0.2, 0.25) is 0 Å². The third-order valence-corrected chi connectivity index (χ3v) is 2.87. The van der Waals surface area contributed by atoms with E-state index < -0.39 is 0 Å². The molecule has 2 aromatic rings. The van der Waals surface area contributed by atoms with Crippen LogP contribution in [-0.4, -0.2) is 31.9 Å². The van der Waals surface area contributed by atoms with Crippen LogP contribution >= 0.6 is 0 Å². The number of nitrogens with zero attached hydrogens (tertiary/aromatic N) is 1. The van der Waals surface area contributed by atoms with Gasteiger partial charge < -0.3 is 14.8 Å². The van der Waals surface area contributed by atoms with E-state index in [1.54, 1.807) is 0 Å². The molecule has 0 aliphatic heterocycles. The highest BCUT2D eigenvalue weighted by Crippen LogP contribution is 2.20. The molecular formula is C15H20N2O2. The Balaban J connectivity index is 2.08. The number of fused-ring (bicyclic) bond motifs is 1. The number of nitrogens with one attached hydrogen (secondary N) is 1. The van der Waals surface area contributed by atoms with Crippen LogP contribution in [0.3, 0.4) is 0 Å². The molecule has 4 heteroatoms. The molecule has 0 bridgehead atoms. The van der Waals surface area contributed by atoms with Gasteiger partial charge in [0.1, 0.15) is 5.82 Å². The minimum Gasteiger partial charge on any atom is -0.379 e. The zero-order chi connectivity index (χ0) is 13.5. The standard InChI is InChI=1S/C15H20N2O2/c1-3-18-8-9-19-11-13-10-12-6-4-5-7-14(12)17-15(13)16-2/h4-7,10H,3,8-9,11H2,1-2H3,(H,16,17). The summed E-state index contributed by atoms with van der Waals surface area (Å²) in [6.45, 7) is 4.48. The van der Waals surface area contributed by atoms with E-state index in [0.29, 0.717) is 19.8 Å². The van der Waals surface area contributed by atoms with Crippen molar-refractivity contribution in [2.45, 2.75) is 13.5 Å². The van der Waals surface area contributed by atoms with E-state index in [-0.39, 0.29) is 0 Å². The Morgan fingerprint density at radius 1 is 1.16 bits per heavy atom. The van der Waals surface area contributed by atoms with Gasteiger partial charge in [0.15, 0.2) is 0 Å². The highest BCUT2D eigenvalue weighted by Gasteiger charge is 2.05. The Hall–Kier alpha value is -1.65. The van der Waals surface area contributed by atoms with Crippen molar-refractivity contribution in [2.75, 3.05) is 32.2 Å². The number of hydrogen-bond donors (Lipinski definition) is 1. The third kappa shape index (κ3) is 3.66. The Labute approximate surface area is 113 Å². The predicted octanol–water partition coefficient (Wildman–Crippen LogP) is 2.83. The summed E-state index contributed by atoms with van der Waals surface area (Å²) in [5, 5.41) is 4.25. The van der Waals surface area contributed by atoms with Gasteiger partial charge >= 0.3 is 0 Å². The summed E-state index contributed by atoms with van der Waals surface area (Å²) in [6, 6.07) is 10.2. The molecular weight excluding hydrogens is 240 g/mol. The second kappa shape index (κ2) is 7.07. The van der Waals surface area contributed by atoms with Crippen molar-refractivity contribution in [1.29, 1.82) is 0 Å². The third-order valence-electron chi connectivity index (χ3n) is 2.87. The molecule has 0 aliphatic carbocycles. The average molecular weight is 260 g/mol. The van der Waals surface area contributed by atoms with Crippen molar-refractivity contribution < 1.29 is 9.47 Å². The fourth-order valence-electron chi connectivity index (χ4n) is 1.93. The van der Waals surface area contributed by atoms with Crippen LogP contribution in [-0.2, 0) is 16.1 Å². The molecule has 1 aromatic heterocycles. The Kier molecular flexibility index (Phi) is 5.12. The van der Waals surface area contributed by atoms with Crippen molar-refractivity contribution in [1.82, 2.24) is 4.98 Å². The molecule has 102 valence electrons. The second-order valence-corrected chi connectivity index (χ2v) is 4.19. The number of hydrogen-bond acceptors (Lipinski definition) is 4. The first-order valence-electron chi connectivity index (χ1n) is 6.57. The van der Waals surface area contributed by atoms with Gasteiger partial charge in [0.05, 0.1) is 25.3 Å². The number of aromatic nitrogens is 1. The van der Waals surface area contributed by atoms with Crippen LogP contribution in [0.4, 0.5) is 5.82 Å². The summed E-state index contributed by atoms with van der Waals surface area (Å²) < 4.78 is 10.9. The smallest absolute Gasteiger partial charge is 0.131 e. The summed E-state index contributed by atoms with van der Waals surface area (Å²) in [6.07, 6.45) is 0. The van der Waals surface area contributed by atoms with Crippen molar-refractivity contribution in [3.8, 4) is 0 Å². The zero-order valence-corrected chi connectivity index (χ0v) is 11.5. The monoisotopic (exact) mass is 260 g/mol. The number of ether oxygens (including phenoxy) is 2. The van der Waals surface area contributed by atoms with E-state index in [0.717, 1.165) is 28.9 Å². The fraction of sp³-hybridized carbons (Fsp3) is 0.400. The summed E-state index contributed by atoms with van der Waals surface area (Å²) >= 11 is 0. The van der Waals surface area contributed by atoms with Gasteiger partial charge in [-0.2, -0.15) is 0 Å². The first-order chi connectivity index (χ1) is 9.35. The normalized spacial score (nSPS) is 10.8. The molecule has 0 radical (unpaired) electrons. The number of pyridine rings is 1. The first kappa shape index (κ1) is 13.8. The van der Waals surface area contributed by atoms with Crippen molar-refractivity contribution >= 4 is 16.7 Å². The lowest BCUT2D eigenvalue weighted by Gasteiger charge is -2.10. The molecule has 0 unspecified atom stereocenters. The molecule has 4 nitrogen and oxygen atoms in total. The lowest BCUT2D eigenvalue weighted by molar-refractivity contribution is 0.0454. The van der Waals surface area contributed by atoms with Gasteiger partial charge in [-0.15, -0.1) is 0 Å². The van der Waals surface area contributed by atoms with Gasteiger partial charge in [-0.1, -0.05) is 18.2 Å². The van der Waals surface area contributed by atoms with Crippen LogP contribution < -0.4 is 5.32 Å². The number of benzene rings is 1. The molecule has 0 spiro atoms. The molecule has 1 aromatic carbocycles. The Bertz CT molecular complexity index is 529. The van der Waals surface area contributed by atoms with Gasteiger partial charge in [0.25, 0.3) is 0 Å². The maximum Gasteiger partial charge on any atom is 0.131 e. The second-order valence-electron chi connectivity index (χ2n) is 4.19. The zero-order valence-electron chi connectivity index (χ0n) is 11.5. The van der Waals surface area contributed by atoms with E-state index in [1.165, 1.54) is 0 Å². The van der Waals surface area contributed by atoms with Gasteiger partial charge in [-0.25, -0.2) is 4.98 Å². The van der Waals surface area contributed by atoms with Crippen molar-refractivity contribution in [3.05, 3.63) is 35.9 Å². The number of para-hydroxylation sites is 1. The van der Waals surface area contributed by atoms with E-state index in [9.17, 15) is 0 Å². The fourth-order valence-corrected chi connectivity index (χ4v) is 1.93.